The van der Waals surface area contributed by atoms with Crippen LogP contribution in [0.15, 0.2) is 54.6 Å². The molecule has 2 amide bonds. The molecule has 2 aromatic rings. The smallest absolute Gasteiger partial charge is 0.237 e. The van der Waals surface area contributed by atoms with E-state index >= 15 is 0 Å². The Bertz CT molecular complexity index is 885. The zero-order valence-electron chi connectivity index (χ0n) is 17.1. The number of nitrogens with zero attached hydrogens (tertiary/aromatic N) is 2. The molecule has 2 aromatic carbocycles. The number of carbonyl (C=O) groups excluding carboxylic acids is 2. The third-order valence-corrected chi connectivity index (χ3v) is 5.83. The van der Waals surface area contributed by atoms with Crippen molar-refractivity contribution in [2.24, 2.45) is 5.92 Å². The largest absolute Gasteiger partial charge is 0.353 e. The van der Waals surface area contributed by atoms with E-state index in [0.717, 1.165) is 30.5 Å². The Morgan fingerprint density at radius 3 is 2.60 bits per heavy atom. The van der Waals surface area contributed by atoms with Crippen LogP contribution in [0.25, 0.3) is 0 Å². The van der Waals surface area contributed by atoms with Gasteiger partial charge in [-0.1, -0.05) is 42.5 Å². The number of amides is 2. The molecule has 2 fully saturated rings. The third-order valence-electron chi connectivity index (χ3n) is 5.83. The van der Waals surface area contributed by atoms with Gasteiger partial charge >= 0.3 is 0 Å². The van der Waals surface area contributed by atoms with E-state index in [-0.39, 0.29) is 24.1 Å². The van der Waals surface area contributed by atoms with Crippen molar-refractivity contribution in [2.45, 2.75) is 38.4 Å². The van der Waals surface area contributed by atoms with E-state index in [1.165, 1.54) is 12.1 Å². The monoisotopic (exact) mass is 409 g/mol. The minimum absolute atomic E-state index is 0.00274. The normalized spacial score (nSPS) is 19.4. The van der Waals surface area contributed by atoms with Gasteiger partial charge in [-0.25, -0.2) is 4.39 Å². The summed E-state index contributed by atoms with van der Waals surface area (Å²) in [6, 6.07) is 15.9. The molecule has 0 aromatic heterocycles. The molecule has 0 radical (unpaired) electrons. The van der Waals surface area contributed by atoms with Crippen molar-refractivity contribution >= 4 is 11.8 Å². The molecule has 5 nitrogen and oxygen atoms in total. The third kappa shape index (κ3) is 5.45. The highest BCUT2D eigenvalue weighted by molar-refractivity contribution is 5.88. The van der Waals surface area contributed by atoms with Gasteiger partial charge in [0.25, 0.3) is 0 Å². The fourth-order valence-corrected chi connectivity index (χ4v) is 4.01. The molecule has 1 heterocycles. The Hall–Kier alpha value is -2.73. The van der Waals surface area contributed by atoms with Gasteiger partial charge in [0.05, 0.1) is 12.5 Å². The Balaban J connectivity index is 1.46. The van der Waals surface area contributed by atoms with Gasteiger partial charge in [0.15, 0.2) is 0 Å². The SMILES string of the molecule is O=C1NCCN(Cc2cccc(F)c2)C1CC(=O)N(Cc1ccccc1)CC1CC1. The summed E-state index contributed by atoms with van der Waals surface area (Å²) in [7, 11) is 0. The minimum Gasteiger partial charge on any atom is -0.353 e. The quantitative estimate of drug-likeness (QED) is 0.729. The van der Waals surface area contributed by atoms with Gasteiger partial charge < -0.3 is 10.2 Å². The average Bonchev–Trinajstić information content (AvgIpc) is 3.55. The maximum absolute atomic E-state index is 13.6. The Morgan fingerprint density at radius 2 is 1.87 bits per heavy atom. The van der Waals surface area contributed by atoms with Crippen LogP contribution in [0.2, 0.25) is 0 Å². The second-order valence-corrected chi connectivity index (χ2v) is 8.31. The van der Waals surface area contributed by atoms with Crippen LogP contribution in [0.1, 0.15) is 30.4 Å². The van der Waals surface area contributed by atoms with Crippen molar-refractivity contribution in [1.82, 2.24) is 15.1 Å². The molecule has 1 atom stereocenters. The number of halogens is 1. The summed E-state index contributed by atoms with van der Waals surface area (Å²) in [5.41, 5.74) is 1.90. The summed E-state index contributed by atoms with van der Waals surface area (Å²) < 4.78 is 13.6. The van der Waals surface area contributed by atoms with Crippen molar-refractivity contribution in [2.75, 3.05) is 19.6 Å². The molecule has 1 saturated carbocycles. The molecular formula is C24H28FN3O2. The first kappa shape index (κ1) is 20.5. The predicted octanol–water partition coefficient (Wildman–Crippen LogP) is 2.96. The first-order chi connectivity index (χ1) is 14.6. The molecule has 158 valence electrons. The summed E-state index contributed by atoms with van der Waals surface area (Å²) in [5.74, 6) is 0.149. The highest BCUT2D eigenvalue weighted by Crippen LogP contribution is 2.30. The van der Waals surface area contributed by atoms with E-state index in [0.29, 0.717) is 32.1 Å². The Labute approximate surface area is 176 Å². The fourth-order valence-electron chi connectivity index (χ4n) is 4.01. The van der Waals surface area contributed by atoms with E-state index in [1.54, 1.807) is 6.07 Å². The van der Waals surface area contributed by atoms with E-state index in [2.05, 4.69) is 5.32 Å². The van der Waals surface area contributed by atoms with Crippen LogP contribution in [0.3, 0.4) is 0 Å². The lowest BCUT2D eigenvalue weighted by Crippen LogP contribution is -2.56. The maximum Gasteiger partial charge on any atom is 0.237 e. The molecule has 1 aliphatic carbocycles. The summed E-state index contributed by atoms with van der Waals surface area (Å²) in [6.07, 6.45) is 2.46. The first-order valence-corrected chi connectivity index (χ1v) is 10.7. The summed E-state index contributed by atoms with van der Waals surface area (Å²) in [4.78, 5) is 29.7. The lowest BCUT2D eigenvalue weighted by atomic mass is 10.1. The van der Waals surface area contributed by atoms with Gasteiger partial charge in [-0.05, 0) is 42.0 Å². The fraction of sp³-hybridized carbons (Fsp3) is 0.417. The van der Waals surface area contributed by atoms with Crippen LogP contribution < -0.4 is 5.32 Å². The number of nitrogens with one attached hydrogen (secondary N) is 1. The highest BCUT2D eigenvalue weighted by Gasteiger charge is 2.34. The lowest BCUT2D eigenvalue weighted by Gasteiger charge is -2.36. The van der Waals surface area contributed by atoms with Gasteiger partial charge in [0.2, 0.25) is 11.8 Å². The van der Waals surface area contributed by atoms with Crippen LogP contribution in [-0.4, -0.2) is 47.3 Å². The molecule has 1 N–H and O–H groups in total. The summed E-state index contributed by atoms with van der Waals surface area (Å²) in [5, 5.41) is 2.88. The second kappa shape index (κ2) is 9.39. The molecule has 30 heavy (non-hydrogen) atoms. The number of hydrogen-bond acceptors (Lipinski definition) is 3. The maximum atomic E-state index is 13.6. The van der Waals surface area contributed by atoms with Gasteiger partial charge in [0, 0.05) is 32.7 Å². The number of piperazine rings is 1. The number of benzene rings is 2. The standard InChI is InChI=1S/C24H28FN3O2/c25-21-8-4-7-20(13-21)17-27-12-11-26-24(30)22(27)14-23(29)28(16-19-9-10-19)15-18-5-2-1-3-6-18/h1-8,13,19,22H,9-12,14-17H2,(H,26,30). The zero-order valence-corrected chi connectivity index (χ0v) is 17.1. The molecular weight excluding hydrogens is 381 g/mol. The van der Waals surface area contributed by atoms with Crippen molar-refractivity contribution in [3.63, 3.8) is 0 Å². The number of hydrogen-bond donors (Lipinski definition) is 1. The average molecular weight is 410 g/mol. The molecule has 0 bridgehead atoms. The predicted molar refractivity (Wildman–Crippen MR) is 113 cm³/mol. The van der Waals surface area contributed by atoms with Crippen LogP contribution in [0.5, 0.6) is 0 Å². The topological polar surface area (TPSA) is 52.7 Å². The second-order valence-electron chi connectivity index (χ2n) is 8.31. The molecule has 1 aliphatic heterocycles. The van der Waals surface area contributed by atoms with Crippen LogP contribution in [0.4, 0.5) is 4.39 Å². The molecule has 0 spiro atoms. The van der Waals surface area contributed by atoms with Crippen LogP contribution in [0, 0.1) is 11.7 Å². The molecule has 6 heteroatoms. The van der Waals surface area contributed by atoms with Gasteiger partial charge in [-0.3, -0.25) is 14.5 Å². The van der Waals surface area contributed by atoms with Gasteiger partial charge in [-0.2, -0.15) is 0 Å². The zero-order chi connectivity index (χ0) is 20.9. The minimum atomic E-state index is -0.535. The van der Waals surface area contributed by atoms with E-state index < -0.39 is 6.04 Å². The number of rotatable bonds is 8. The van der Waals surface area contributed by atoms with Gasteiger partial charge in [-0.15, -0.1) is 0 Å². The Kier molecular flexibility index (Phi) is 6.43. The lowest BCUT2D eigenvalue weighted by molar-refractivity contribution is -0.139. The van der Waals surface area contributed by atoms with Crippen molar-refractivity contribution in [1.29, 1.82) is 0 Å². The summed E-state index contributed by atoms with van der Waals surface area (Å²) >= 11 is 0. The van der Waals surface area contributed by atoms with Crippen LogP contribution in [-0.2, 0) is 22.7 Å². The molecule has 2 aliphatic rings. The van der Waals surface area contributed by atoms with Crippen molar-refractivity contribution in [3.05, 3.63) is 71.5 Å². The van der Waals surface area contributed by atoms with Crippen LogP contribution >= 0.6 is 0 Å². The first-order valence-electron chi connectivity index (χ1n) is 10.7. The molecule has 1 saturated heterocycles. The van der Waals surface area contributed by atoms with E-state index in [4.69, 9.17) is 0 Å². The highest BCUT2D eigenvalue weighted by atomic mass is 19.1. The van der Waals surface area contributed by atoms with E-state index in [9.17, 15) is 14.0 Å². The van der Waals surface area contributed by atoms with Crippen molar-refractivity contribution < 1.29 is 14.0 Å². The number of carbonyl (C=O) groups is 2. The van der Waals surface area contributed by atoms with Gasteiger partial charge in [0.1, 0.15) is 5.82 Å². The Morgan fingerprint density at radius 1 is 1.10 bits per heavy atom. The molecule has 4 rings (SSSR count). The summed E-state index contributed by atoms with van der Waals surface area (Å²) in [6.45, 7) is 2.93. The van der Waals surface area contributed by atoms with Crippen molar-refractivity contribution in [3.8, 4) is 0 Å². The van der Waals surface area contributed by atoms with E-state index in [1.807, 2.05) is 46.2 Å². The molecule has 1 unspecified atom stereocenters.